The summed E-state index contributed by atoms with van der Waals surface area (Å²) in [5.74, 6) is -0.905. The zero-order valence-corrected chi connectivity index (χ0v) is 29.3. The number of hydrogen-bond acceptors (Lipinski definition) is 5. The molecule has 0 fully saturated rings. The third kappa shape index (κ3) is 8.99. The van der Waals surface area contributed by atoms with Gasteiger partial charge in [0, 0.05) is 39.6 Å². The van der Waals surface area contributed by atoms with Gasteiger partial charge in [0.25, 0.3) is 10.0 Å². The lowest BCUT2D eigenvalue weighted by molar-refractivity contribution is -0.140. The molecule has 0 heterocycles. The van der Waals surface area contributed by atoms with Crippen molar-refractivity contribution in [2.45, 2.75) is 50.2 Å². The van der Waals surface area contributed by atoms with E-state index in [9.17, 15) is 18.0 Å². The number of ether oxygens (including phenoxy) is 1. The molecule has 0 saturated carbocycles. The number of amides is 2. The van der Waals surface area contributed by atoms with E-state index in [0.717, 1.165) is 9.87 Å². The molecule has 4 aromatic rings. The summed E-state index contributed by atoms with van der Waals surface area (Å²) in [6.07, 6.45) is 0.800. The Balaban J connectivity index is 1.88. The SMILES string of the molecule is CC[C@@H](C)NC(=O)[C@H](Cc1ccccc1)N(Cc1c(Cl)cccc1Cl)C(=O)CN(c1cc(Cl)ccc1OC)S(=O)(=O)c1ccccc1. The molecule has 12 heteroatoms. The standard InChI is InChI=1S/C35H36Cl3N3O5S/c1-4-24(2)39-35(43)32(20-25-12-7-5-8-13-25)40(22-28-29(37)16-11-17-30(28)38)34(42)23-41(31-21-26(36)18-19-33(31)46-3)47(44,45)27-14-9-6-10-15-27/h5-19,21,24,32H,4,20,22-23H2,1-3H3,(H,39,43)/t24-,32+/m1/s1. The fourth-order valence-corrected chi connectivity index (χ4v) is 7.06. The van der Waals surface area contributed by atoms with Crippen molar-refractivity contribution < 1.29 is 22.7 Å². The molecule has 0 saturated heterocycles. The lowest BCUT2D eigenvalue weighted by Crippen LogP contribution is -2.54. The maximum Gasteiger partial charge on any atom is 0.264 e. The second kappa shape index (κ2) is 16.4. The Labute approximate surface area is 291 Å². The topological polar surface area (TPSA) is 96.0 Å². The molecule has 4 aromatic carbocycles. The highest BCUT2D eigenvalue weighted by Gasteiger charge is 2.36. The van der Waals surface area contributed by atoms with Crippen molar-refractivity contribution in [2.75, 3.05) is 18.0 Å². The summed E-state index contributed by atoms with van der Waals surface area (Å²) >= 11 is 19.5. The van der Waals surface area contributed by atoms with Crippen LogP contribution >= 0.6 is 34.8 Å². The molecule has 0 aliphatic carbocycles. The molecule has 0 aliphatic heterocycles. The predicted molar refractivity (Wildman–Crippen MR) is 188 cm³/mol. The Morgan fingerprint density at radius 3 is 2.09 bits per heavy atom. The highest BCUT2D eigenvalue weighted by molar-refractivity contribution is 7.92. The van der Waals surface area contributed by atoms with E-state index in [2.05, 4.69) is 5.32 Å². The Morgan fingerprint density at radius 1 is 0.872 bits per heavy atom. The number of benzene rings is 4. The van der Waals surface area contributed by atoms with E-state index in [0.29, 0.717) is 22.0 Å². The number of nitrogens with zero attached hydrogens (tertiary/aromatic N) is 2. The van der Waals surface area contributed by atoms with Crippen LogP contribution in [0.25, 0.3) is 0 Å². The molecule has 0 spiro atoms. The molecule has 2 amide bonds. The van der Waals surface area contributed by atoms with Gasteiger partial charge < -0.3 is 15.0 Å². The number of nitrogens with one attached hydrogen (secondary N) is 1. The molecule has 0 bridgehead atoms. The summed E-state index contributed by atoms with van der Waals surface area (Å²) < 4.78 is 35.0. The van der Waals surface area contributed by atoms with Crippen molar-refractivity contribution in [1.29, 1.82) is 0 Å². The minimum absolute atomic E-state index is 0.0501. The van der Waals surface area contributed by atoms with Crippen LogP contribution in [0.15, 0.2) is 102 Å². The predicted octanol–water partition coefficient (Wildman–Crippen LogP) is 7.41. The van der Waals surface area contributed by atoms with Crippen molar-refractivity contribution in [2.24, 2.45) is 0 Å². The van der Waals surface area contributed by atoms with E-state index >= 15 is 0 Å². The van der Waals surface area contributed by atoms with Crippen LogP contribution in [-0.2, 0) is 32.6 Å². The maximum atomic E-state index is 14.7. The summed E-state index contributed by atoms with van der Waals surface area (Å²) in [6.45, 7) is 2.94. The van der Waals surface area contributed by atoms with Gasteiger partial charge >= 0.3 is 0 Å². The quantitative estimate of drug-likeness (QED) is 0.147. The molecule has 1 N–H and O–H groups in total. The van der Waals surface area contributed by atoms with E-state index < -0.39 is 34.4 Å². The average Bonchev–Trinajstić information content (AvgIpc) is 3.06. The van der Waals surface area contributed by atoms with Gasteiger partial charge in [-0.2, -0.15) is 0 Å². The number of hydrogen-bond donors (Lipinski definition) is 1. The summed E-state index contributed by atoms with van der Waals surface area (Å²) in [6, 6.07) is 25.2. The highest BCUT2D eigenvalue weighted by Crippen LogP contribution is 2.35. The van der Waals surface area contributed by atoms with Gasteiger partial charge in [-0.25, -0.2) is 8.42 Å². The fraction of sp³-hybridized carbons (Fsp3) is 0.257. The molecule has 2 atom stereocenters. The largest absolute Gasteiger partial charge is 0.495 e. The first-order valence-corrected chi connectivity index (χ1v) is 17.5. The number of carbonyl (C=O) groups excluding carboxylic acids is 2. The van der Waals surface area contributed by atoms with Gasteiger partial charge in [-0.05, 0) is 61.4 Å². The van der Waals surface area contributed by atoms with Crippen LogP contribution in [0.2, 0.25) is 15.1 Å². The first-order valence-electron chi connectivity index (χ1n) is 14.9. The zero-order chi connectivity index (χ0) is 34.1. The molecular weight excluding hydrogens is 681 g/mol. The lowest BCUT2D eigenvalue weighted by Gasteiger charge is -2.35. The Kier molecular flexibility index (Phi) is 12.6. The summed E-state index contributed by atoms with van der Waals surface area (Å²) in [5.41, 5.74) is 1.26. The number of rotatable bonds is 14. The van der Waals surface area contributed by atoms with Crippen LogP contribution < -0.4 is 14.4 Å². The number of carbonyl (C=O) groups is 2. The van der Waals surface area contributed by atoms with E-state index in [1.165, 1.54) is 36.3 Å². The van der Waals surface area contributed by atoms with Crippen LogP contribution in [-0.4, -0.2) is 50.9 Å². The van der Waals surface area contributed by atoms with Crippen LogP contribution in [0.4, 0.5) is 5.69 Å². The summed E-state index contributed by atoms with van der Waals surface area (Å²) in [7, 11) is -2.96. The molecule has 0 aromatic heterocycles. The highest BCUT2D eigenvalue weighted by atomic mass is 35.5. The smallest absolute Gasteiger partial charge is 0.264 e. The molecule has 4 rings (SSSR count). The van der Waals surface area contributed by atoms with Gasteiger partial charge in [0.15, 0.2) is 0 Å². The second-order valence-corrected chi connectivity index (χ2v) is 14.0. The third-order valence-corrected chi connectivity index (χ3v) is 10.4. The third-order valence-electron chi connectivity index (χ3n) is 7.68. The number of anilines is 1. The zero-order valence-electron chi connectivity index (χ0n) is 26.2. The number of halogens is 3. The Bertz CT molecular complexity index is 1770. The molecule has 0 aliphatic rings. The van der Waals surface area contributed by atoms with Crippen LogP contribution in [0, 0.1) is 0 Å². The van der Waals surface area contributed by atoms with Crippen molar-refractivity contribution in [1.82, 2.24) is 10.2 Å². The molecule has 47 heavy (non-hydrogen) atoms. The van der Waals surface area contributed by atoms with E-state index in [1.54, 1.807) is 42.5 Å². The monoisotopic (exact) mass is 715 g/mol. The number of sulfonamides is 1. The van der Waals surface area contributed by atoms with Gasteiger partial charge in [0.05, 0.1) is 17.7 Å². The normalized spacial score (nSPS) is 12.6. The maximum absolute atomic E-state index is 14.7. The Hall–Kier alpha value is -3.76. The van der Waals surface area contributed by atoms with E-state index in [-0.39, 0.29) is 40.4 Å². The molecule has 248 valence electrons. The summed E-state index contributed by atoms with van der Waals surface area (Å²) in [5, 5.41) is 3.82. The molecule has 0 unspecified atom stereocenters. The summed E-state index contributed by atoms with van der Waals surface area (Å²) in [4.78, 5) is 30.0. The molecule has 0 radical (unpaired) electrons. The average molecular weight is 717 g/mol. The van der Waals surface area contributed by atoms with Gasteiger partial charge in [0.1, 0.15) is 18.3 Å². The minimum Gasteiger partial charge on any atom is -0.495 e. The molecular formula is C35H36Cl3N3O5S. The van der Waals surface area contributed by atoms with E-state index in [4.69, 9.17) is 39.5 Å². The van der Waals surface area contributed by atoms with Crippen molar-refractivity contribution in [3.63, 3.8) is 0 Å². The van der Waals surface area contributed by atoms with E-state index in [1.807, 2.05) is 44.2 Å². The van der Waals surface area contributed by atoms with Crippen LogP contribution in [0.3, 0.4) is 0 Å². The van der Waals surface area contributed by atoms with Crippen LogP contribution in [0.1, 0.15) is 31.4 Å². The fourth-order valence-electron chi connectivity index (χ4n) is 4.94. The molecule has 8 nitrogen and oxygen atoms in total. The second-order valence-electron chi connectivity index (χ2n) is 10.9. The van der Waals surface area contributed by atoms with Gasteiger partial charge in [0.2, 0.25) is 11.8 Å². The van der Waals surface area contributed by atoms with Gasteiger partial charge in [-0.15, -0.1) is 0 Å². The van der Waals surface area contributed by atoms with Gasteiger partial charge in [-0.3, -0.25) is 13.9 Å². The lowest BCUT2D eigenvalue weighted by atomic mass is 10.0. The first-order chi connectivity index (χ1) is 22.5. The minimum atomic E-state index is -4.35. The van der Waals surface area contributed by atoms with Crippen LogP contribution in [0.5, 0.6) is 5.75 Å². The van der Waals surface area contributed by atoms with Crippen molar-refractivity contribution in [3.8, 4) is 5.75 Å². The number of methoxy groups -OCH3 is 1. The first kappa shape index (κ1) is 36.1. The van der Waals surface area contributed by atoms with Gasteiger partial charge in [-0.1, -0.05) is 96.3 Å². The van der Waals surface area contributed by atoms with Crippen molar-refractivity contribution >= 4 is 62.3 Å². The van der Waals surface area contributed by atoms with Crippen molar-refractivity contribution in [3.05, 3.63) is 123 Å². The Morgan fingerprint density at radius 2 is 1.49 bits per heavy atom.